The molecule has 0 spiro atoms. The summed E-state index contributed by atoms with van der Waals surface area (Å²) in [4.78, 5) is 23.7. The van der Waals surface area contributed by atoms with Crippen molar-refractivity contribution in [1.82, 2.24) is 5.32 Å². The molecule has 25 heavy (non-hydrogen) atoms. The van der Waals surface area contributed by atoms with Gasteiger partial charge in [-0.3, -0.25) is 9.59 Å². The van der Waals surface area contributed by atoms with Crippen LogP contribution in [0.25, 0.3) is 0 Å². The lowest BCUT2D eigenvalue weighted by atomic mass is 10.0. The smallest absolute Gasteiger partial charge is 0.226 e. The van der Waals surface area contributed by atoms with Crippen molar-refractivity contribution in [3.8, 4) is 5.75 Å². The van der Waals surface area contributed by atoms with Crippen LogP contribution in [0.5, 0.6) is 5.75 Å². The molecule has 1 atom stereocenters. The molecule has 6 nitrogen and oxygen atoms in total. The molecule has 2 aromatic carbocycles. The molecule has 0 aliphatic carbocycles. The average Bonchev–Trinajstić information content (AvgIpc) is 2.61. The highest BCUT2D eigenvalue weighted by Gasteiger charge is 2.17. The summed E-state index contributed by atoms with van der Waals surface area (Å²) in [6, 6.07) is 16.1. The molecular formula is C19H23N3O3. The third-order valence-electron chi connectivity index (χ3n) is 3.49. The van der Waals surface area contributed by atoms with E-state index in [4.69, 9.17) is 10.5 Å². The van der Waals surface area contributed by atoms with Crippen LogP contribution in [0, 0.1) is 0 Å². The van der Waals surface area contributed by atoms with Crippen LogP contribution in [0.2, 0.25) is 0 Å². The number of carbonyl (C=O) groups excluding carboxylic acids is 2. The highest BCUT2D eigenvalue weighted by atomic mass is 16.5. The molecule has 1 unspecified atom stereocenters. The van der Waals surface area contributed by atoms with E-state index in [1.165, 1.54) is 6.92 Å². The molecule has 132 valence electrons. The Kier molecular flexibility index (Phi) is 6.98. The molecule has 0 saturated carbocycles. The number of anilines is 1. The van der Waals surface area contributed by atoms with Gasteiger partial charge in [0.2, 0.25) is 11.8 Å². The van der Waals surface area contributed by atoms with Crippen molar-refractivity contribution in [3.63, 3.8) is 0 Å². The van der Waals surface area contributed by atoms with Crippen molar-refractivity contribution in [2.24, 2.45) is 5.73 Å². The monoisotopic (exact) mass is 341 g/mol. The maximum Gasteiger partial charge on any atom is 0.226 e. The van der Waals surface area contributed by atoms with Gasteiger partial charge in [0.05, 0.1) is 12.5 Å². The Hall–Kier alpha value is -2.86. The lowest BCUT2D eigenvalue weighted by Crippen LogP contribution is -2.29. The Morgan fingerprint density at radius 2 is 1.76 bits per heavy atom. The molecule has 0 aromatic heterocycles. The molecule has 0 radical (unpaired) electrons. The van der Waals surface area contributed by atoms with Gasteiger partial charge in [0.1, 0.15) is 12.4 Å². The van der Waals surface area contributed by atoms with Crippen molar-refractivity contribution < 1.29 is 14.3 Å². The molecule has 0 saturated heterocycles. The Balaban J connectivity index is 1.97. The summed E-state index contributed by atoms with van der Waals surface area (Å²) < 4.78 is 5.40. The predicted octanol–water partition coefficient (Wildman–Crippen LogP) is 2.23. The summed E-state index contributed by atoms with van der Waals surface area (Å²) in [7, 11) is 0. The Bertz CT molecular complexity index is 687. The van der Waals surface area contributed by atoms with E-state index in [0.717, 1.165) is 5.56 Å². The van der Waals surface area contributed by atoms with E-state index in [9.17, 15) is 9.59 Å². The fourth-order valence-corrected chi connectivity index (χ4v) is 2.39. The zero-order chi connectivity index (χ0) is 18.1. The molecule has 4 N–H and O–H groups in total. The van der Waals surface area contributed by atoms with Crippen LogP contribution in [0.4, 0.5) is 5.69 Å². The first kappa shape index (κ1) is 18.5. The first-order valence-electron chi connectivity index (χ1n) is 8.13. The third kappa shape index (κ3) is 6.27. The largest absolute Gasteiger partial charge is 0.492 e. The molecule has 2 rings (SSSR count). The summed E-state index contributed by atoms with van der Waals surface area (Å²) in [6.45, 7) is 2.33. The molecule has 2 aromatic rings. The van der Waals surface area contributed by atoms with Gasteiger partial charge in [-0.2, -0.15) is 0 Å². The molecule has 0 aliphatic heterocycles. The third-order valence-corrected chi connectivity index (χ3v) is 3.49. The molecular weight excluding hydrogens is 318 g/mol. The standard InChI is InChI=1S/C19H23N3O3/c1-14(23)21-18(15-5-3-2-4-6-15)13-19(24)22-16-7-9-17(10-8-16)25-12-11-20/h2-10,18H,11-13,20H2,1H3,(H,21,23)(H,22,24). The lowest BCUT2D eigenvalue weighted by molar-refractivity contribution is -0.120. The van der Waals surface area contributed by atoms with Crippen LogP contribution in [0.1, 0.15) is 24.9 Å². The van der Waals surface area contributed by atoms with Gasteiger partial charge in [-0.25, -0.2) is 0 Å². The number of carbonyl (C=O) groups is 2. The molecule has 6 heteroatoms. The quantitative estimate of drug-likeness (QED) is 0.686. The highest BCUT2D eigenvalue weighted by molar-refractivity contribution is 5.91. The number of nitrogens with two attached hydrogens (primary N) is 1. The second kappa shape index (κ2) is 9.44. The van der Waals surface area contributed by atoms with E-state index in [1.807, 2.05) is 30.3 Å². The summed E-state index contributed by atoms with van der Waals surface area (Å²) in [6.07, 6.45) is 0.148. The van der Waals surface area contributed by atoms with Crippen molar-refractivity contribution in [2.45, 2.75) is 19.4 Å². The van der Waals surface area contributed by atoms with Gasteiger partial charge in [-0.1, -0.05) is 30.3 Å². The molecule has 2 amide bonds. The van der Waals surface area contributed by atoms with Crippen LogP contribution in [-0.4, -0.2) is 25.0 Å². The zero-order valence-corrected chi connectivity index (χ0v) is 14.2. The minimum absolute atomic E-state index is 0.148. The number of hydrogen-bond donors (Lipinski definition) is 3. The van der Waals surface area contributed by atoms with Gasteiger partial charge >= 0.3 is 0 Å². The molecule has 0 fully saturated rings. The van der Waals surface area contributed by atoms with Crippen molar-refractivity contribution in [1.29, 1.82) is 0 Å². The van der Waals surface area contributed by atoms with Gasteiger partial charge in [0, 0.05) is 19.2 Å². The number of ether oxygens (including phenoxy) is 1. The number of amides is 2. The van der Waals surface area contributed by atoms with Gasteiger partial charge in [-0.15, -0.1) is 0 Å². The van der Waals surface area contributed by atoms with Crippen molar-refractivity contribution in [2.75, 3.05) is 18.5 Å². The van der Waals surface area contributed by atoms with E-state index in [2.05, 4.69) is 10.6 Å². The van der Waals surface area contributed by atoms with E-state index in [-0.39, 0.29) is 24.3 Å². The minimum Gasteiger partial charge on any atom is -0.492 e. The number of nitrogens with one attached hydrogen (secondary N) is 2. The lowest BCUT2D eigenvalue weighted by Gasteiger charge is -2.18. The van der Waals surface area contributed by atoms with Gasteiger partial charge in [0.25, 0.3) is 0 Å². The second-order valence-corrected chi connectivity index (χ2v) is 5.58. The highest BCUT2D eigenvalue weighted by Crippen LogP contribution is 2.19. The van der Waals surface area contributed by atoms with E-state index in [0.29, 0.717) is 24.6 Å². The fraction of sp³-hybridized carbons (Fsp3) is 0.263. The van der Waals surface area contributed by atoms with Crippen LogP contribution in [0.15, 0.2) is 54.6 Å². The van der Waals surface area contributed by atoms with Gasteiger partial charge in [-0.05, 0) is 29.8 Å². The number of rotatable bonds is 8. The summed E-state index contributed by atoms with van der Waals surface area (Å²) in [5.74, 6) is 0.338. The molecule has 0 heterocycles. The fourth-order valence-electron chi connectivity index (χ4n) is 2.39. The Morgan fingerprint density at radius 1 is 1.08 bits per heavy atom. The van der Waals surface area contributed by atoms with Crippen molar-refractivity contribution in [3.05, 3.63) is 60.2 Å². The van der Waals surface area contributed by atoms with E-state index < -0.39 is 0 Å². The average molecular weight is 341 g/mol. The van der Waals surface area contributed by atoms with Gasteiger partial charge in [0.15, 0.2) is 0 Å². The second-order valence-electron chi connectivity index (χ2n) is 5.58. The SMILES string of the molecule is CC(=O)NC(CC(=O)Nc1ccc(OCCN)cc1)c1ccccc1. The van der Waals surface area contributed by atoms with Crippen LogP contribution >= 0.6 is 0 Å². The first-order chi connectivity index (χ1) is 12.1. The van der Waals surface area contributed by atoms with Gasteiger partial charge < -0.3 is 21.1 Å². The molecule has 0 bridgehead atoms. The summed E-state index contributed by atoms with van der Waals surface area (Å²) in [5.41, 5.74) is 6.94. The summed E-state index contributed by atoms with van der Waals surface area (Å²) in [5, 5.41) is 5.64. The molecule has 0 aliphatic rings. The van der Waals surface area contributed by atoms with Crippen molar-refractivity contribution >= 4 is 17.5 Å². The Labute approximate surface area is 147 Å². The predicted molar refractivity (Wildman–Crippen MR) is 97.2 cm³/mol. The number of benzene rings is 2. The minimum atomic E-state index is -0.370. The first-order valence-corrected chi connectivity index (χ1v) is 8.13. The van der Waals surface area contributed by atoms with Crippen LogP contribution in [0.3, 0.4) is 0 Å². The van der Waals surface area contributed by atoms with E-state index >= 15 is 0 Å². The van der Waals surface area contributed by atoms with E-state index in [1.54, 1.807) is 24.3 Å². The number of hydrogen-bond acceptors (Lipinski definition) is 4. The zero-order valence-electron chi connectivity index (χ0n) is 14.2. The van der Waals surface area contributed by atoms with Crippen LogP contribution in [-0.2, 0) is 9.59 Å². The topological polar surface area (TPSA) is 93.5 Å². The summed E-state index contributed by atoms with van der Waals surface area (Å²) >= 11 is 0. The Morgan fingerprint density at radius 3 is 2.36 bits per heavy atom. The maximum absolute atomic E-state index is 12.3. The normalized spacial score (nSPS) is 11.4. The van der Waals surface area contributed by atoms with Crippen LogP contribution < -0.4 is 21.1 Å². The maximum atomic E-state index is 12.3.